The summed E-state index contributed by atoms with van der Waals surface area (Å²) in [4.78, 5) is 23.7. The van der Waals surface area contributed by atoms with Crippen molar-refractivity contribution in [1.29, 1.82) is 0 Å². The van der Waals surface area contributed by atoms with Crippen LogP contribution in [0.25, 0.3) is 22.0 Å². The van der Waals surface area contributed by atoms with E-state index < -0.39 is 5.97 Å². The Kier molecular flexibility index (Phi) is 6.48. The van der Waals surface area contributed by atoms with E-state index in [1.807, 2.05) is 13.0 Å². The Bertz CT molecular complexity index is 1120. The molecule has 0 aliphatic heterocycles. The van der Waals surface area contributed by atoms with Crippen molar-refractivity contribution in [2.45, 2.75) is 33.3 Å². The number of nitrogens with one attached hydrogen (secondary N) is 1. The molecule has 0 bridgehead atoms. The summed E-state index contributed by atoms with van der Waals surface area (Å²) in [5.74, 6) is -0.813. The third-order valence-electron chi connectivity index (χ3n) is 5.09. The fourth-order valence-corrected chi connectivity index (χ4v) is 4.09. The standard InChI is InChI=1S/C21H24ClN3O5/c1-11-17(16(10-26)24-23-11)18-15(22)8-7-14-13(6-5-9-30-12(2)27)20(21(28)29-4)25(3)19(14)18/h7-8,26H,5-6,9-10H2,1-4H3,(H,23,24). The van der Waals surface area contributed by atoms with E-state index in [0.29, 0.717) is 46.1 Å². The summed E-state index contributed by atoms with van der Waals surface area (Å²) in [6.07, 6.45) is 1.06. The number of fused-ring (bicyclic) bond motifs is 1. The first-order valence-electron chi connectivity index (χ1n) is 9.48. The minimum absolute atomic E-state index is 0.230. The van der Waals surface area contributed by atoms with Gasteiger partial charge in [-0.1, -0.05) is 17.7 Å². The summed E-state index contributed by atoms with van der Waals surface area (Å²) >= 11 is 6.59. The lowest BCUT2D eigenvalue weighted by Gasteiger charge is -2.11. The average Bonchev–Trinajstić information content (AvgIpc) is 3.22. The highest BCUT2D eigenvalue weighted by molar-refractivity contribution is 6.35. The topological polar surface area (TPSA) is 106 Å². The smallest absolute Gasteiger partial charge is 0.354 e. The van der Waals surface area contributed by atoms with E-state index >= 15 is 0 Å². The summed E-state index contributed by atoms with van der Waals surface area (Å²) in [5.41, 5.74) is 4.55. The van der Waals surface area contributed by atoms with Gasteiger partial charge in [0, 0.05) is 30.5 Å². The Hall–Kier alpha value is -2.84. The number of benzene rings is 1. The van der Waals surface area contributed by atoms with Crippen LogP contribution in [0.2, 0.25) is 5.02 Å². The Morgan fingerprint density at radius 2 is 2.03 bits per heavy atom. The second kappa shape index (κ2) is 8.89. The Morgan fingerprint density at radius 3 is 2.67 bits per heavy atom. The van der Waals surface area contributed by atoms with Crippen LogP contribution in [0, 0.1) is 6.92 Å². The van der Waals surface area contributed by atoms with Crippen molar-refractivity contribution >= 4 is 34.4 Å². The van der Waals surface area contributed by atoms with Gasteiger partial charge in [0.2, 0.25) is 0 Å². The molecule has 160 valence electrons. The highest BCUT2D eigenvalue weighted by Gasteiger charge is 2.26. The minimum atomic E-state index is -0.468. The molecule has 8 nitrogen and oxygen atoms in total. The molecule has 2 N–H and O–H groups in total. The number of carbonyl (C=O) groups excluding carboxylic acids is 2. The molecule has 9 heteroatoms. The number of ether oxygens (including phenoxy) is 2. The molecule has 0 fully saturated rings. The van der Waals surface area contributed by atoms with E-state index in [2.05, 4.69) is 10.2 Å². The third-order valence-corrected chi connectivity index (χ3v) is 5.41. The lowest BCUT2D eigenvalue weighted by Crippen LogP contribution is -2.11. The van der Waals surface area contributed by atoms with Gasteiger partial charge in [-0.25, -0.2) is 4.79 Å². The van der Waals surface area contributed by atoms with Crippen molar-refractivity contribution in [2.24, 2.45) is 7.05 Å². The van der Waals surface area contributed by atoms with Crippen molar-refractivity contribution in [3.05, 3.63) is 39.8 Å². The van der Waals surface area contributed by atoms with Gasteiger partial charge in [-0.05, 0) is 31.4 Å². The average molecular weight is 434 g/mol. The lowest BCUT2D eigenvalue weighted by atomic mass is 9.98. The fourth-order valence-electron chi connectivity index (χ4n) is 3.84. The van der Waals surface area contributed by atoms with E-state index in [0.717, 1.165) is 16.5 Å². The highest BCUT2D eigenvalue weighted by Crippen LogP contribution is 2.41. The van der Waals surface area contributed by atoms with Crippen LogP contribution < -0.4 is 0 Å². The first kappa shape index (κ1) is 21.9. The second-order valence-electron chi connectivity index (χ2n) is 6.96. The molecule has 3 aromatic rings. The summed E-state index contributed by atoms with van der Waals surface area (Å²) < 4.78 is 11.8. The lowest BCUT2D eigenvalue weighted by molar-refractivity contribution is -0.141. The van der Waals surface area contributed by atoms with Crippen LogP contribution in [0.4, 0.5) is 0 Å². The maximum Gasteiger partial charge on any atom is 0.354 e. The number of aliphatic hydroxyl groups excluding tert-OH is 1. The van der Waals surface area contributed by atoms with Crippen LogP contribution in [-0.4, -0.2) is 45.5 Å². The number of halogens is 1. The summed E-state index contributed by atoms with van der Waals surface area (Å²) in [7, 11) is 3.11. The number of aromatic nitrogens is 3. The van der Waals surface area contributed by atoms with Gasteiger partial charge >= 0.3 is 11.9 Å². The zero-order valence-corrected chi connectivity index (χ0v) is 18.1. The second-order valence-corrected chi connectivity index (χ2v) is 7.37. The van der Waals surface area contributed by atoms with Gasteiger partial charge in [-0.15, -0.1) is 0 Å². The number of methoxy groups -OCH3 is 1. The molecule has 0 radical (unpaired) electrons. The van der Waals surface area contributed by atoms with Crippen LogP contribution >= 0.6 is 11.6 Å². The number of H-pyrrole nitrogens is 1. The van der Waals surface area contributed by atoms with Crippen molar-refractivity contribution in [3.8, 4) is 11.1 Å². The quantitative estimate of drug-likeness (QED) is 0.437. The van der Waals surface area contributed by atoms with Gasteiger partial charge in [0.05, 0.1) is 42.3 Å². The van der Waals surface area contributed by atoms with Crippen LogP contribution in [-0.2, 0) is 34.3 Å². The largest absolute Gasteiger partial charge is 0.466 e. The third kappa shape index (κ3) is 3.80. The number of nitrogens with zero attached hydrogens (tertiary/aromatic N) is 2. The molecule has 3 rings (SSSR count). The van der Waals surface area contributed by atoms with Gasteiger partial charge in [-0.2, -0.15) is 5.10 Å². The fraction of sp³-hybridized carbons (Fsp3) is 0.381. The monoisotopic (exact) mass is 433 g/mol. The van der Waals surface area contributed by atoms with Crippen LogP contribution in [0.3, 0.4) is 0 Å². The molecular weight excluding hydrogens is 410 g/mol. The van der Waals surface area contributed by atoms with Gasteiger partial charge in [0.1, 0.15) is 5.69 Å². The highest BCUT2D eigenvalue weighted by atomic mass is 35.5. The predicted octanol–water partition coefficient (Wildman–Crippen LogP) is 3.30. The molecule has 0 saturated heterocycles. The SMILES string of the molecule is COC(=O)c1c(CCCOC(C)=O)c2ccc(Cl)c(-c3c(C)n[nH]c3CO)c2n1C. The van der Waals surface area contributed by atoms with Crippen molar-refractivity contribution in [3.63, 3.8) is 0 Å². The predicted molar refractivity (Wildman–Crippen MR) is 112 cm³/mol. The van der Waals surface area contributed by atoms with Gasteiger partial charge in [0.25, 0.3) is 0 Å². The zero-order valence-electron chi connectivity index (χ0n) is 17.3. The van der Waals surface area contributed by atoms with Crippen LogP contribution in [0.5, 0.6) is 0 Å². The number of esters is 2. The van der Waals surface area contributed by atoms with Gasteiger partial charge in [-0.3, -0.25) is 9.89 Å². The van der Waals surface area contributed by atoms with E-state index in [1.165, 1.54) is 14.0 Å². The Labute approximate surface area is 178 Å². The van der Waals surface area contributed by atoms with Crippen molar-refractivity contribution in [2.75, 3.05) is 13.7 Å². The number of rotatable bonds is 7. The van der Waals surface area contributed by atoms with E-state index in [1.54, 1.807) is 17.7 Å². The summed E-state index contributed by atoms with van der Waals surface area (Å²) in [6.45, 7) is 3.21. The molecule has 0 amide bonds. The molecule has 30 heavy (non-hydrogen) atoms. The van der Waals surface area contributed by atoms with E-state index in [-0.39, 0.29) is 19.2 Å². The number of aryl methyl sites for hydroxylation is 3. The van der Waals surface area contributed by atoms with Crippen LogP contribution in [0.1, 0.15) is 40.8 Å². The number of carbonyl (C=O) groups is 2. The maximum absolute atomic E-state index is 12.6. The molecule has 0 atom stereocenters. The molecule has 0 aliphatic rings. The molecule has 0 spiro atoms. The Balaban J connectivity index is 2.25. The number of aliphatic hydroxyl groups is 1. The van der Waals surface area contributed by atoms with Gasteiger partial charge in [0.15, 0.2) is 0 Å². The summed E-state index contributed by atoms with van der Waals surface area (Å²) in [5, 5.41) is 18.1. The molecular formula is C21H24ClN3O5. The molecule has 0 unspecified atom stereocenters. The maximum atomic E-state index is 12.6. The number of hydrogen-bond donors (Lipinski definition) is 2. The number of hydrogen-bond acceptors (Lipinski definition) is 6. The van der Waals surface area contributed by atoms with E-state index in [9.17, 15) is 14.7 Å². The van der Waals surface area contributed by atoms with Gasteiger partial charge < -0.3 is 19.1 Å². The molecule has 2 aromatic heterocycles. The first-order chi connectivity index (χ1) is 14.3. The molecule has 0 aliphatic carbocycles. The zero-order chi connectivity index (χ0) is 22.0. The molecule has 2 heterocycles. The van der Waals surface area contributed by atoms with E-state index in [4.69, 9.17) is 21.1 Å². The summed E-state index contributed by atoms with van der Waals surface area (Å²) in [6, 6.07) is 3.63. The number of aromatic amines is 1. The Morgan fingerprint density at radius 1 is 1.30 bits per heavy atom. The first-order valence-corrected chi connectivity index (χ1v) is 9.86. The normalized spacial score (nSPS) is 11.1. The van der Waals surface area contributed by atoms with Crippen molar-refractivity contribution in [1.82, 2.24) is 14.8 Å². The molecule has 1 aromatic carbocycles. The van der Waals surface area contributed by atoms with Crippen LogP contribution in [0.15, 0.2) is 12.1 Å². The molecule has 0 saturated carbocycles. The minimum Gasteiger partial charge on any atom is -0.466 e. The van der Waals surface area contributed by atoms with Crippen molar-refractivity contribution < 1.29 is 24.2 Å².